The summed E-state index contributed by atoms with van der Waals surface area (Å²) < 4.78 is 5.63. The van der Waals surface area contributed by atoms with Gasteiger partial charge in [0.1, 0.15) is 5.15 Å². The van der Waals surface area contributed by atoms with Crippen molar-refractivity contribution < 1.29 is 9.53 Å². The maximum absolute atomic E-state index is 11.4. The Labute approximate surface area is 102 Å². The lowest BCUT2D eigenvalue weighted by atomic mass is 10.2. The summed E-state index contributed by atoms with van der Waals surface area (Å²) in [6.07, 6.45) is 0.753. The molecule has 0 aliphatic carbocycles. The van der Waals surface area contributed by atoms with E-state index in [1.807, 2.05) is 6.92 Å². The normalized spacial score (nSPS) is 10.1. The highest BCUT2D eigenvalue weighted by atomic mass is 79.9. The lowest BCUT2D eigenvalue weighted by molar-refractivity contribution is 0.0526. The second-order valence-corrected chi connectivity index (χ2v) is 4.04. The minimum Gasteiger partial charge on any atom is -0.462 e. The zero-order chi connectivity index (χ0) is 11.4. The fourth-order valence-corrected chi connectivity index (χ4v) is 1.93. The van der Waals surface area contributed by atoms with Crippen molar-refractivity contribution in [2.45, 2.75) is 20.3 Å². The predicted octanol–water partition coefficient (Wildman–Crippen LogP) is 3.24. The molecular formula is C10H11BrClNO2. The number of nitrogens with zero attached hydrogens (tertiary/aromatic N) is 1. The van der Waals surface area contributed by atoms with Gasteiger partial charge in [-0.05, 0) is 35.3 Å². The van der Waals surface area contributed by atoms with Gasteiger partial charge in [0, 0.05) is 4.47 Å². The second kappa shape index (κ2) is 5.47. The van der Waals surface area contributed by atoms with Gasteiger partial charge in [0.05, 0.1) is 17.9 Å². The first kappa shape index (κ1) is 12.5. The highest BCUT2D eigenvalue weighted by molar-refractivity contribution is 9.10. The molecule has 15 heavy (non-hydrogen) atoms. The van der Waals surface area contributed by atoms with Gasteiger partial charge in [-0.15, -0.1) is 0 Å². The van der Waals surface area contributed by atoms with E-state index in [0.29, 0.717) is 12.2 Å². The monoisotopic (exact) mass is 291 g/mol. The average Bonchev–Trinajstić information content (AvgIpc) is 2.21. The first-order valence-corrected chi connectivity index (χ1v) is 5.79. The fraction of sp³-hybridized carbons (Fsp3) is 0.400. The Morgan fingerprint density at radius 3 is 2.80 bits per heavy atom. The summed E-state index contributed by atoms with van der Waals surface area (Å²) in [5.74, 6) is -0.446. The fourth-order valence-electron chi connectivity index (χ4n) is 1.10. The van der Waals surface area contributed by atoms with Crippen molar-refractivity contribution in [2.75, 3.05) is 6.61 Å². The Morgan fingerprint density at radius 1 is 1.60 bits per heavy atom. The molecule has 1 rings (SSSR count). The van der Waals surface area contributed by atoms with Crippen LogP contribution in [0.4, 0.5) is 0 Å². The Bertz CT molecular complexity index is 382. The van der Waals surface area contributed by atoms with Crippen molar-refractivity contribution in [3.8, 4) is 0 Å². The minimum absolute atomic E-state index is 0.188. The van der Waals surface area contributed by atoms with Crippen LogP contribution in [0.2, 0.25) is 5.15 Å². The number of rotatable bonds is 3. The van der Waals surface area contributed by atoms with E-state index < -0.39 is 5.97 Å². The molecule has 3 nitrogen and oxygen atoms in total. The third-order valence-electron chi connectivity index (χ3n) is 1.83. The van der Waals surface area contributed by atoms with E-state index in [1.165, 1.54) is 0 Å². The molecule has 0 N–H and O–H groups in total. The Balaban J connectivity index is 3.10. The van der Waals surface area contributed by atoms with Crippen molar-refractivity contribution in [3.63, 3.8) is 0 Å². The van der Waals surface area contributed by atoms with E-state index in [-0.39, 0.29) is 5.15 Å². The first-order chi connectivity index (χ1) is 7.10. The van der Waals surface area contributed by atoms with E-state index in [2.05, 4.69) is 20.9 Å². The number of aryl methyl sites for hydroxylation is 1. The van der Waals surface area contributed by atoms with Crippen LogP contribution >= 0.6 is 27.5 Å². The molecule has 1 heterocycles. The molecule has 1 aromatic heterocycles. The van der Waals surface area contributed by atoms with Crippen molar-refractivity contribution in [3.05, 3.63) is 26.9 Å². The molecular weight excluding hydrogens is 281 g/mol. The molecule has 5 heteroatoms. The minimum atomic E-state index is -0.446. The molecule has 0 saturated heterocycles. The summed E-state index contributed by atoms with van der Waals surface area (Å²) in [5.41, 5.74) is 1.12. The molecule has 0 aliphatic rings. The standard InChI is InChI=1S/C10H11BrClNO2/c1-3-8-7(11)5-6(9(12)13-8)10(14)15-4-2/h5H,3-4H2,1-2H3. The zero-order valence-electron chi connectivity index (χ0n) is 8.51. The largest absolute Gasteiger partial charge is 0.462 e. The number of carbonyl (C=O) groups excluding carboxylic acids is 1. The van der Waals surface area contributed by atoms with Crippen molar-refractivity contribution >= 4 is 33.5 Å². The van der Waals surface area contributed by atoms with Crippen LogP contribution in [0.5, 0.6) is 0 Å². The number of pyridine rings is 1. The molecule has 0 saturated carbocycles. The number of ether oxygens (including phenoxy) is 1. The van der Waals surface area contributed by atoms with Gasteiger partial charge in [-0.2, -0.15) is 0 Å². The van der Waals surface area contributed by atoms with E-state index in [9.17, 15) is 4.79 Å². The van der Waals surface area contributed by atoms with E-state index in [4.69, 9.17) is 16.3 Å². The number of halogens is 2. The van der Waals surface area contributed by atoms with Crippen LogP contribution in [0.3, 0.4) is 0 Å². The Morgan fingerprint density at radius 2 is 2.27 bits per heavy atom. The molecule has 0 spiro atoms. The SMILES string of the molecule is CCOC(=O)c1cc(Br)c(CC)nc1Cl. The molecule has 0 fully saturated rings. The summed E-state index contributed by atoms with van der Waals surface area (Å²) >= 11 is 9.21. The lowest BCUT2D eigenvalue weighted by Crippen LogP contribution is -2.07. The van der Waals surface area contributed by atoms with E-state index >= 15 is 0 Å². The molecule has 0 amide bonds. The molecule has 0 radical (unpaired) electrons. The van der Waals surface area contributed by atoms with Gasteiger partial charge in [0.25, 0.3) is 0 Å². The molecule has 0 atom stereocenters. The lowest BCUT2D eigenvalue weighted by Gasteiger charge is -2.06. The summed E-state index contributed by atoms with van der Waals surface area (Å²) in [7, 11) is 0. The van der Waals surface area contributed by atoms with Gasteiger partial charge < -0.3 is 4.74 Å². The third-order valence-corrected chi connectivity index (χ3v) is 2.81. The van der Waals surface area contributed by atoms with Crippen molar-refractivity contribution in [2.24, 2.45) is 0 Å². The summed E-state index contributed by atoms with van der Waals surface area (Å²) in [6, 6.07) is 1.64. The van der Waals surface area contributed by atoms with E-state index in [1.54, 1.807) is 13.0 Å². The number of esters is 1. The number of hydrogen-bond donors (Lipinski definition) is 0. The predicted molar refractivity (Wildman–Crippen MR) is 62.3 cm³/mol. The molecule has 1 aromatic rings. The number of carbonyl (C=O) groups is 1. The molecule has 0 aliphatic heterocycles. The third kappa shape index (κ3) is 2.92. The van der Waals surface area contributed by atoms with Crippen molar-refractivity contribution in [1.82, 2.24) is 4.98 Å². The van der Waals surface area contributed by atoms with Crippen LogP contribution in [0.1, 0.15) is 29.9 Å². The number of hydrogen-bond acceptors (Lipinski definition) is 3. The highest BCUT2D eigenvalue weighted by Gasteiger charge is 2.15. The number of aromatic nitrogens is 1. The van der Waals surface area contributed by atoms with Crippen LogP contribution in [-0.4, -0.2) is 17.6 Å². The smallest absolute Gasteiger partial charge is 0.341 e. The van der Waals surface area contributed by atoms with Crippen LogP contribution in [0.25, 0.3) is 0 Å². The second-order valence-electron chi connectivity index (χ2n) is 2.83. The molecule has 82 valence electrons. The maximum atomic E-state index is 11.4. The maximum Gasteiger partial charge on any atom is 0.341 e. The first-order valence-electron chi connectivity index (χ1n) is 4.62. The zero-order valence-corrected chi connectivity index (χ0v) is 10.9. The van der Waals surface area contributed by atoms with Crippen LogP contribution < -0.4 is 0 Å². The average molecular weight is 293 g/mol. The van der Waals surface area contributed by atoms with Gasteiger partial charge >= 0.3 is 5.97 Å². The van der Waals surface area contributed by atoms with Crippen LogP contribution in [0.15, 0.2) is 10.5 Å². The van der Waals surface area contributed by atoms with E-state index in [0.717, 1.165) is 16.6 Å². The van der Waals surface area contributed by atoms with Crippen molar-refractivity contribution in [1.29, 1.82) is 0 Å². The van der Waals surface area contributed by atoms with Gasteiger partial charge in [0.15, 0.2) is 0 Å². The highest BCUT2D eigenvalue weighted by Crippen LogP contribution is 2.23. The summed E-state index contributed by atoms with van der Waals surface area (Å²) in [6.45, 7) is 4.03. The Kier molecular flexibility index (Phi) is 4.54. The Hall–Kier alpha value is -0.610. The van der Waals surface area contributed by atoms with Gasteiger partial charge in [-0.3, -0.25) is 0 Å². The molecule has 0 bridgehead atoms. The van der Waals surface area contributed by atoms with Crippen LogP contribution in [-0.2, 0) is 11.2 Å². The quantitative estimate of drug-likeness (QED) is 0.634. The van der Waals surface area contributed by atoms with Crippen LogP contribution in [0, 0.1) is 0 Å². The van der Waals surface area contributed by atoms with Gasteiger partial charge in [-0.25, -0.2) is 9.78 Å². The molecule has 0 unspecified atom stereocenters. The summed E-state index contributed by atoms with van der Waals surface area (Å²) in [5, 5.41) is 0.188. The topological polar surface area (TPSA) is 39.2 Å². The van der Waals surface area contributed by atoms with Gasteiger partial charge in [-0.1, -0.05) is 18.5 Å². The van der Waals surface area contributed by atoms with Gasteiger partial charge in [0.2, 0.25) is 0 Å². The molecule has 0 aromatic carbocycles. The summed E-state index contributed by atoms with van der Waals surface area (Å²) in [4.78, 5) is 15.6.